The van der Waals surface area contributed by atoms with E-state index in [0.29, 0.717) is 5.92 Å². The van der Waals surface area contributed by atoms with E-state index >= 15 is 0 Å². The highest BCUT2D eigenvalue weighted by molar-refractivity contribution is 9.10. The lowest BCUT2D eigenvalue weighted by Gasteiger charge is -2.42. The van der Waals surface area contributed by atoms with Crippen molar-refractivity contribution in [1.29, 1.82) is 0 Å². The van der Waals surface area contributed by atoms with Crippen LogP contribution in [-0.4, -0.2) is 12.7 Å². The minimum absolute atomic E-state index is 0.104. The topological polar surface area (TPSA) is 18.5 Å². The second-order valence-corrected chi connectivity index (χ2v) is 6.59. The standard InChI is InChI=1S/C18H17BrO2/c19-15-7-3-2-6-13(15)18-14-11-12-5-1-4-8-16(12)21-17(14)9-10-20-18/h1-8,14,17-18H,9-11H2/t14-,17-,18-/m0/s1. The molecule has 0 unspecified atom stereocenters. The molecule has 0 aromatic heterocycles. The van der Waals surface area contributed by atoms with Crippen molar-refractivity contribution in [3.8, 4) is 5.75 Å². The lowest BCUT2D eigenvalue weighted by molar-refractivity contribution is -0.0922. The molecule has 2 aromatic rings. The Labute approximate surface area is 133 Å². The summed E-state index contributed by atoms with van der Waals surface area (Å²) < 4.78 is 13.5. The van der Waals surface area contributed by atoms with E-state index in [1.54, 1.807) is 0 Å². The zero-order valence-electron chi connectivity index (χ0n) is 11.7. The molecule has 1 fully saturated rings. The zero-order valence-corrected chi connectivity index (χ0v) is 13.3. The lowest BCUT2D eigenvalue weighted by atomic mass is 9.81. The van der Waals surface area contributed by atoms with Crippen molar-refractivity contribution in [2.24, 2.45) is 5.92 Å². The van der Waals surface area contributed by atoms with Gasteiger partial charge < -0.3 is 9.47 Å². The second-order valence-electron chi connectivity index (χ2n) is 5.73. The van der Waals surface area contributed by atoms with Crippen LogP contribution in [0.3, 0.4) is 0 Å². The first kappa shape index (κ1) is 13.4. The highest BCUT2D eigenvalue weighted by atomic mass is 79.9. The largest absolute Gasteiger partial charge is 0.490 e. The number of ether oxygens (including phenoxy) is 2. The number of halogens is 1. The molecule has 0 amide bonds. The van der Waals surface area contributed by atoms with E-state index in [1.807, 2.05) is 12.1 Å². The van der Waals surface area contributed by atoms with Crippen LogP contribution in [0.1, 0.15) is 23.7 Å². The molecule has 21 heavy (non-hydrogen) atoms. The summed E-state index contributed by atoms with van der Waals surface area (Å²) in [5, 5.41) is 0. The summed E-state index contributed by atoms with van der Waals surface area (Å²) in [4.78, 5) is 0. The van der Waals surface area contributed by atoms with Gasteiger partial charge in [-0.3, -0.25) is 0 Å². The van der Waals surface area contributed by atoms with E-state index in [1.165, 1.54) is 11.1 Å². The number of fused-ring (bicyclic) bond motifs is 2. The summed E-state index contributed by atoms with van der Waals surface area (Å²) in [7, 11) is 0. The third-order valence-electron chi connectivity index (χ3n) is 4.48. The van der Waals surface area contributed by atoms with Crippen molar-refractivity contribution in [2.45, 2.75) is 25.0 Å². The smallest absolute Gasteiger partial charge is 0.122 e. The van der Waals surface area contributed by atoms with Gasteiger partial charge in [0.25, 0.3) is 0 Å². The predicted molar refractivity (Wildman–Crippen MR) is 85.5 cm³/mol. The van der Waals surface area contributed by atoms with E-state index in [9.17, 15) is 0 Å². The molecule has 0 N–H and O–H groups in total. The van der Waals surface area contributed by atoms with Crippen molar-refractivity contribution < 1.29 is 9.47 Å². The normalized spacial score (nSPS) is 27.4. The molecule has 2 heterocycles. The first-order valence-corrected chi connectivity index (χ1v) is 8.23. The van der Waals surface area contributed by atoms with Crippen LogP contribution in [-0.2, 0) is 11.2 Å². The summed E-state index contributed by atoms with van der Waals surface area (Å²) >= 11 is 3.66. The Balaban J connectivity index is 1.70. The number of benzene rings is 2. The monoisotopic (exact) mass is 344 g/mol. The fourth-order valence-electron chi connectivity index (χ4n) is 3.46. The van der Waals surface area contributed by atoms with Crippen LogP contribution in [0.15, 0.2) is 53.0 Å². The zero-order chi connectivity index (χ0) is 14.2. The van der Waals surface area contributed by atoms with Crippen molar-refractivity contribution in [3.05, 3.63) is 64.1 Å². The maximum absolute atomic E-state index is 6.23. The van der Waals surface area contributed by atoms with Gasteiger partial charge in [0, 0.05) is 16.8 Å². The molecule has 0 bridgehead atoms. The molecule has 108 valence electrons. The summed E-state index contributed by atoms with van der Waals surface area (Å²) in [6, 6.07) is 16.7. The molecule has 2 aliphatic rings. The third-order valence-corrected chi connectivity index (χ3v) is 5.21. The first-order chi connectivity index (χ1) is 10.3. The van der Waals surface area contributed by atoms with Crippen LogP contribution in [0.5, 0.6) is 5.75 Å². The van der Waals surface area contributed by atoms with E-state index < -0.39 is 0 Å². The summed E-state index contributed by atoms with van der Waals surface area (Å²) in [6.07, 6.45) is 2.35. The average molecular weight is 345 g/mol. The average Bonchev–Trinajstić information content (AvgIpc) is 2.53. The van der Waals surface area contributed by atoms with E-state index in [-0.39, 0.29) is 12.2 Å². The SMILES string of the molecule is Brc1ccccc1[C@@H]1OCC[C@@H]2Oc3ccccc3C[C@@H]21. The van der Waals surface area contributed by atoms with Gasteiger partial charge in [-0.1, -0.05) is 52.3 Å². The summed E-state index contributed by atoms with van der Waals surface area (Å²) in [6.45, 7) is 0.759. The molecule has 2 aromatic carbocycles. The van der Waals surface area contributed by atoms with Gasteiger partial charge in [0.15, 0.2) is 0 Å². The van der Waals surface area contributed by atoms with Crippen molar-refractivity contribution in [2.75, 3.05) is 6.61 Å². The van der Waals surface area contributed by atoms with E-state index in [0.717, 1.165) is 29.7 Å². The minimum atomic E-state index is 0.104. The quantitative estimate of drug-likeness (QED) is 0.756. The summed E-state index contributed by atoms with van der Waals surface area (Å²) in [5.74, 6) is 1.43. The third kappa shape index (κ3) is 2.39. The van der Waals surface area contributed by atoms with E-state index in [2.05, 4.69) is 52.3 Å². The van der Waals surface area contributed by atoms with Crippen LogP contribution < -0.4 is 4.74 Å². The highest BCUT2D eigenvalue weighted by Crippen LogP contribution is 2.44. The van der Waals surface area contributed by atoms with Gasteiger partial charge in [0.2, 0.25) is 0 Å². The Morgan fingerprint density at radius 2 is 1.81 bits per heavy atom. The fourth-order valence-corrected chi connectivity index (χ4v) is 3.97. The van der Waals surface area contributed by atoms with Crippen molar-refractivity contribution >= 4 is 15.9 Å². The number of hydrogen-bond donors (Lipinski definition) is 0. The van der Waals surface area contributed by atoms with Gasteiger partial charge in [-0.2, -0.15) is 0 Å². The molecule has 3 heteroatoms. The first-order valence-electron chi connectivity index (χ1n) is 7.43. The molecule has 2 nitrogen and oxygen atoms in total. The molecule has 0 spiro atoms. The molecular weight excluding hydrogens is 328 g/mol. The Morgan fingerprint density at radius 3 is 2.71 bits per heavy atom. The number of rotatable bonds is 1. The van der Waals surface area contributed by atoms with Gasteiger partial charge in [-0.25, -0.2) is 0 Å². The Morgan fingerprint density at radius 1 is 1.00 bits per heavy atom. The van der Waals surface area contributed by atoms with Crippen LogP contribution in [0.25, 0.3) is 0 Å². The number of para-hydroxylation sites is 1. The van der Waals surface area contributed by atoms with Crippen LogP contribution in [0.4, 0.5) is 0 Å². The van der Waals surface area contributed by atoms with Gasteiger partial charge in [0.05, 0.1) is 12.7 Å². The van der Waals surface area contributed by atoms with Crippen molar-refractivity contribution in [1.82, 2.24) is 0 Å². The molecule has 1 saturated heterocycles. The molecule has 2 aliphatic heterocycles. The second kappa shape index (κ2) is 5.47. The van der Waals surface area contributed by atoms with Gasteiger partial charge in [-0.15, -0.1) is 0 Å². The van der Waals surface area contributed by atoms with Crippen molar-refractivity contribution in [3.63, 3.8) is 0 Å². The highest BCUT2D eigenvalue weighted by Gasteiger charge is 2.40. The molecule has 0 saturated carbocycles. The van der Waals surface area contributed by atoms with Crippen LogP contribution in [0.2, 0.25) is 0 Å². The molecule has 0 aliphatic carbocycles. The van der Waals surface area contributed by atoms with Gasteiger partial charge in [0.1, 0.15) is 11.9 Å². The Hall–Kier alpha value is -1.32. The molecule has 0 radical (unpaired) electrons. The minimum Gasteiger partial charge on any atom is -0.490 e. The van der Waals surface area contributed by atoms with Gasteiger partial charge in [-0.05, 0) is 29.7 Å². The summed E-state index contributed by atoms with van der Waals surface area (Å²) in [5.41, 5.74) is 2.52. The fraction of sp³-hybridized carbons (Fsp3) is 0.333. The molecule has 3 atom stereocenters. The number of hydrogen-bond acceptors (Lipinski definition) is 2. The van der Waals surface area contributed by atoms with Crippen LogP contribution >= 0.6 is 15.9 Å². The van der Waals surface area contributed by atoms with Crippen LogP contribution in [0, 0.1) is 5.92 Å². The van der Waals surface area contributed by atoms with E-state index in [4.69, 9.17) is 9.47 Å². The maximum atomic E-state index is 6.23. The Kier molecular flexibility index (Phi) is 3.48. The predicted octanol–water partition coefficient (Wildman–Crippen LogP) is 4.53. The lowest BCUT2D eigenvalue weighted by Crippen LogP contribution is -2.42. The maximum Gasteiger partial charge on any atom is 0.122 e. The Bertz CT molecular complexity index is 655. The van der Waals surface area contributed by atoms with Gasteiger partial charge >= 0.3 is 0 Å². The molecule has 4 rings (SSSR count). The molecular formula is C18H17BrO2.